The number of hydrogen-bond donors (Lipinski definition) is 6. The fraction of sp³-hybridized carbons (Fsp3) is 0.176. The van der Waals surface area contributed by atoms with Crippen molar-refractivity contribution in [2.24, 2.45) is 0 Å². The number of aromatic hydroxyl groups is 3. The van der Waals surface area contributed by atoms with Crippen LogP contribution in [0.5, 0.6) is 17.2 Å². The average Bonchev–Trinajstić information content (AvgIpc) is 3.30. The highest BCUT2D eigenvalue weighted by atomic mass is 16.3. The number of aliphatic hydroxyl groups excluding tert-OH is 3. The Morgan fingerprint density at radius 3 is 1.32 bits per heavy atom. The molecule has 0 aromatic heterocycles. The summed E-state index contributed by atoms with van der Waals surface area (Å²) >= 11 is 0. The van der Waals surface area contributed by atoms with E-state index in [0.717, 1.165) is 0 Å². The van der Waals surface area contributed by atoms with E-state index in [1.807, 2.05) is 6.07 Å². The van der Waals surface area contributed by atoms with Crippen LogP contribution in [0, 0.1) is 0 Å². The molecule has 0 aliphatic heterocycles. The van der Waals surface area contributed by atoms with Crippen molar-refractivity contribution in [3.05, 3.63) is 197 Å². The fourth-order valence-electron chi connectivity index (χ4n) is 6.21. The summed E-state index contributed by atoms with van der Waals surface area (Å²) in [4.78, 5) is 70.8. The molecule has 0 heterocycles. The first kappa shape index (κ1) is 50.0. The Balaban J connectivity index is 0.000000282. The predicted octanol–water partition coefficient (Wildman–Crippen LogP) is 7.54. The zero-order chi connectivity index (χ0) is 46.5. The molecule has 0 spiro atoms. The van der Waals surface area contributed by atoms with Crippen LogP contribution in [0.15, 0.2) is 164 Å². The van der Waals surface area contributed by atoms with Gasteiger partial charge in [-0.2, -0.15) is 0 Å². The summed E-state index contributed by atoms with van der Waals surface area (Å²) in [5.74, 6) is -1.47. The molecule has 3 unspecified atom stereocenters. The van der Waals surface area contributed by atoms with E-state index >= 15 is 0 Å². The second-order valence-electron chi connectivity index (χ2n) is 14.1. The third-order valence-electron chi connectivity index (χ3n) is 9.75. The number of carbonyl (C=O) groups is 6. The number of carbonyl (C=O) groups excluding carboxylic acids is 6. The number of phenolic OH excluding ortho intramolecular Hbond substituents is 3. The molecule has 0 fully saturated rings. The maximum atomic E-state index is 13.0. The molecule has 326 valence electrons. The van der Waals surface area contributed by atoms with E-state index in [0.29, 0.717) is 27.8 Å². The molecular formula is C51H50O12. The van der Waals surface area contributed by atoms with Gasteiger partial charge in [0.1, 0.15) is 41.8 Å². The molecular weight excluding hydrogens is 805 g/mol. The van der Waals surface area contributed by atoms with Gasteiger partial charge in [0, 0.05) is 34.2 Å². The van der Waals surface area contributed by atoms with Gasteiger partial charge >= 0.3 is 0 Å². The Morgan fingerprint density at radius 1 is 0.476 bits per heavy atom. The maximum Gasteiger partial charge on any atom is 0.193 e. The van der Waals surface area contributed by atoms with E-state index in [2.05, 4.69) is 0 Å². The first-order valence-corrected chi connectivity index (χ1v) is 19.6. The van der Waals surface area contributed by atoms with Gasteiger partial charge < -0.3 is 30.6 Å². The highest BCUT2D eigenvalue weighted by molar-refractivity contribution is 6.02. The molecule has 0 aliphatic rings. The lowest BCUT2D eigenvalue weighted by Crippen LogP contribution is -2.54. The summed E-state index contributed by atoms with van der Waals surface area (Å²) in [7, 11) is 0. The van der Waals surface area contributed by atoms with Gasteiger partial charge in [-0.1, -0.05) is 115 Å². The number of phenols is 3. The molecule has 63 heavy (non-hydrogen) atoms. The van der Waals surface area contributed by atoms with Crippen molar-refractivity contribution in [3.63, 3.8) is 0 Å². The lowest BCUT2D eigenvalue weighted by atomic mass is 9.67. The van der Waals surface area contributed by atoms with Crippen LogP contribution in [0.4, 0.5) is 0 Å². The Kier molecular flexibility index (Phi) is 19.7. The lowest BCUT2D eigenvalue weighted by molar-refractivity contribution is -0.130. The van der Waals surface area contributed by atoms with Gasteiger partial charge in [0.2, 0.25) is 0 Å². The Hall–Kier alpha value is -7.38. The van der Waals surface area contributed by atoms with E-state index in [9.17, 15) is 44.1 Å². The summed E-state index contributed by atoms with van der Waals surface area (Å²) in [6.45, 7) is 3.80. The van der Waals surface area contributed by atoms with Crippen LogP contribution in [-0.4, -0.2) is 84.2 Å². The number of benzene rings is 6. The van der Waals surface area contributed by atoms with Crippen molar-refractivity contribution in [1.82, 2.24) is 0 Å². The van der Waals surface area contributed by atoms with Crippen LogP contribution in [0.2, 0.25) is 0 Å². The monoisotopic (exact) mass is 854 g/mol. The van der Waals surface area contributed by atoms with Crippen molar-refractivity contribution in [1.29, 1.82) is 0 Å². The van der Waals surface area contributed by atoms with Crippen molar-refractivity contribution in [3.8, 4) is 17.2 Å². The SMILES string of the molecule is CC(=O)C(CCC(=O)c1ccccc1)(c1ccc(O)cc1)C(O)C(O)C(=O)c1ccccc1.CC(=O)c1ccc(O)cc1.CC(=O)c1cccc(O)c1.O=C(CO)c1ccccc1. The zero-order valence-electron chi connectivity index (χ0n) is 35.0. The van der Waals surface area contributed by atoms with Gasteiger partial charge in [-0.25, -0.2) is 0 Å². The van der Waals surface area contributed by atoms with Gasteiger partial charge in [0.15, 0.2) is 28.9 Å². The highest BCUT2D eigenvalue weighted by Crippen LogP contribution is 2.38. The van der Waals surface area contributed by atoms with Crippen molar-refractivity contribution >= 4 is 34.7 Å². The lowest BCUT2D eigenvalue weighted by Gasteiger charge is -2.38. The highest BCUT2D eigenvalue weighted by Gasteiger charge is 2.49. The maximum absolute atomic E-state index is 13.0. The number of Topliss-reactive ketones (excluding diaryl/α,β-unsaturated/α-hetero) is 6. The van der Waals surface area contributed by atoms with Crippen LogP contribution in [0.25, 0.3) is 0 Å². The standard InChI is InChI=1S/C27H26O6.3C8H8O2/c1-18(28)27(21-12-14-22(29)15-13-21,17-16-23(30)19-8-4-2-5-9-19)26(33)25(32)24(31)20-10-6-3-7-11-20;1-6(9)7-2-4-8(10)5-3-7;1-6(9)7-3-2-4-8(10)5-7;9-6-8(10)7-4-2-1-3-5-7/h2-15,25-26,29,32-33H,16-17H2,1H3;2*2-5,10H,1H3;1-5,9H,6H2. The smallest absolute Gasteiger partial charge is 0.193 e. The minimum Gasteiger partial charge on any atom is -0.508 e. The van der Waals surface area contributed by atoms with Gasteiger partial charge in [0.25, 0.3) is 0 Å². The summed E-state index contributed by atoms with van der Waals surface area (Å²) in [5, 5.41) is 58.0. The normalized spacial score (nSPS) is 12.1. The first-order chi connectivity index (χ1) is 30.0. The van der Waals surface area contributed by atoms with Gasteiger partial charge in [-0.3, -0.25) is 28.8 Å². The molecule has 0 radical (unpaired) electrons. The first-order valence-electron chi connectivity index (χ1n) is 19.6. The second-order valence-corrected chi connectivity index (χ2v) is 14.1. The topological polar surface area (TPSA) is 224 Å². The molecule has 6 aromatic rings. The summed E-state index contributed by atoms with van der Waals surface area (Å²) in [5.41, 5.74) is 0.912. The van der Waals surface area contributed by atoms with Gasteiger partial charge in [-0.15, -0.1) is 0 Å². The van der Waals surface area contributed by atoms with Crippen molar-refractivity contribution in [2.75, 3.05) is 6.61 Å². The summed E-state index contributed by atoms with van der Waals surface area (Å²) in [6, 6.07) is 43.3. The van der Waals surface area contributed by atoms with E-state index < -0.39 is 35.8 Å². The molecule has 12 nitrogen and oxygen atoms in total. The zero-order valence-corrected chi connectivity index (χ0v) is 35.0. The summed E-state index contributed by atoms with van der Waals surface area (Å²) in [6.07, 6.45) is -3.97. The number of rotatable bonds is 14. The summed E-state index contributed by atoms with van der Waals surface area (Å²) < 4.78 is 0. The minimum absolute atomic E-state index is 0.0139. The molecule has 12 heteroatoms. The largest absolute Gasteiger partial charge is 0.508 e. The van der Waals surface area contributed by atoms with Crippen LogP contribution < -0.4 is 0 Å². The van der Waals surface area contributed by atoms with Crippen molar-refractivity contribution in [2.45, 2.75) is 51.2 Å². The second kappa shape index (κ2) is 24.8. The molecule has 6 N–H and O–H groups in total. The molecule has 0 saturated heterocycles. The average molecular weight is 855 g/mol. The van der Waals surface area contributed by atoms with Gasteiger partial charge in [-0.05, 0) is 81.3 Å². The Bertz CT molecular complexity index is 2420. The molecule has 3 atom stereocenters. The fourth-order valence-corrected chi connectivity index (χ4v) is 6.21. The molecule has 6 rings (SSSR count). The van der Waals surface area contributed by atoms with Crippen molar-refractivity contribution < 1.29 is 59.4 Å². The molecule has 0 amide bonds. The molecule has 0 saturated carbocycles. The predicted molar refractivity (Wildman–Crippen MR) is 237 cm³/mol. The Labute approximate surface area is 365 Å². The third-order valence-corrected chi connectivity index (χ3v) is 9.75. The number of aliphatic hydroxyl groups is 3. The van der Waals surface area contributed by atoms with Crippen LogP contribution in [0.3, 0.4) is 0 Å². The third kappa shape index (κ3) is 14.9. The molecule has 0 aliphatic carbocycles. The van der Waals surface area contributed by atoms with Crippen LogP contribution in [-0.2, 0) is 10.2 Å². The van der Waals surface area contributed by atoms with E-state index in [1.165, 1.54) is 81.4 Å². The van der Waals surface area contributed by atoms with Crippen LogP contribution >= 0.6 is 0 Å². The van der Waals surface area contributed by atoms with E-state index in [4.69, 9.17) is 15.3 Å². The number of hydrogen-bond acceptors (Lipinski definition) is 12. The van der Waals surface area contributed by atoms with Gasteiger partial charge in [0.05, 0.1) is 5.41 Å². The molecule has 6 aromatic carbocycles. The number of ketones is 6. The van der Waals surface area contributed by atoms with E-state index in [1.54, 1.807) is 97.1 Å². The minimum atomic E-state index is -1.91. The van der Waals surface area contributed by atoms with E-state index in [-0.39, 0.29) is 58.8 Å². The Morgan fingerprint density at radius 2 is 0.905 bits per heavy atom. The quantitative estimate of drug-likeness (QED) is 0.0585. The van der Waals surface area contributed by atoms with Crippen LogP contribution in [0.1, 0.15) is 91.0 Å². The molecule has 0 bridgehead atoms.